The number of aryl methyl sites for hydroxylation is 1. The van der Waals surface area contributed by atoms with Crippen LogP contribution < -0.4 is 10.7 Å². The molecule has 0 saturated carbocycles. The molecule has 2 aromatic rings. The SMILES string of the molecule is Cc1csc2c(=O)cc(NCCO)oc12. The van der Waals surface area contributed by atoms with Crippen LogP contribution in [0.4, 0.5) is 5.88 Å². The summed E-state index contributed by atoms with van der Waals surface area (Å²) < 4.78 is 6.14. The minimum atomic E-state index is -0.0465. The van der Waals surface area contributed by atoms with Crippen LogP contribution in [-0.4, -0.2) is 18.3 Å². The minimum Gasteiger partial charge on any atom is -0.439 e. The molecule has 4 nitrogen and oxygen atoms in total. The predicted octanol–water partition coefficient (Wildman–Crippen LogP) is 1.57. The maximum absolute atomic E-state index is 11.6. The van der Waals surface area contributed by atoms with Gasteiger partial charge >= 0.3 is 0 Å². The Morgan fingerprint density at radius 1 is 1.60 bits per heavy atom. The molecule has 2 heterocycles. The quantitative estimate of drug-likeness (QED) is 0.832. The second-order valence-electron chi connectivity index (χ2n) is 3.20. The molecule has 0 fully saturated rings. The van der Waals surface area contributed by atoms with Crippen molar-refractivity contribution in [3.63, 3.8) is 0 Å². The van der Waals surface area contributed by atoms with Gasteiger partial charge in [-0.1, -0.05) is 0 Å². The first-order valence-corrected chi connectivity index (χ1v) is 5.47. The lowest BCUT2D eigenvalue weighted by Gasteiger charge is -2.02. The molecule has 0 aliphatic carbocycles. The second kappa shape index (κ2) is 4.04. The molecule has 2 N–H and O–H groups in total. The maximum Gasteiger partial charge on any atom is 0.204 e. The molecule has 0 atom stereocenters. The number of rotatable bonds is 3. The Labute approximate surface area is 90.2 Å². The molecule has 0 radical (unpaired) electrons. The molecule has 0 aliphatic rings. The number of nitrogens with one attached hydrogen (secondary N) is 1. The van der Waals surface area contributed by atoms with E-state index in [1.54, 1.807) is 0 Å². The smallest absolute Gasteiger partial charge is 0.204 e. The van der Waals surface area contributed by atoms with Crippen LogP contribution in [0.25, 0.3) is 10.3 Å². The summed E-state index contributed by atoms with van der Waals surface area (Å²) in [5, 5.41) is 13.4. The summed E-state index contributed by atoms with van der Waals surface area (Å²) in [4.78, 5) is 11.6. The van der Waals surface area contributed by atoms with Gasteiger partial charge in [0.15, 0.2) is 11.5 Å². The predicted molar refractivity (Wildman–Crippen MR) is 60.7 cm³/mol. The third-order valence-electron chi connectivity index (χ3n) is 2.03. The zero-order valence-corrected chi connectivity index (χ0v) is 9.06. The molecule has 2 rings (SSSR count). The Hall–Kier alpha value is -1.33. The number of thiophene rings is 1. The van der Waals surface area contributed by atoms with E-state index in [0.717, 1.165) is 5.56 Å². The largest absolute Gasteiger partial charge is 0.439 e. The van der Waals surface area contributed by atoms with Gasteiger partial charge in [0.2, 0.25) is 5.43 Å². The van der Waals surface area contributed by atoms with Gasteiger partial charge in [0.1, 0.15) is 4.70 Å². The molecule has 0 spiro atoms. The molecule has 15 heavy (non-hydrogen) atoms. The van der Waals surface area contributed by atoms with Crippen molar-refractivity contribution in [1.29, 1.82) is 0 Å². The van der Waals surface area contributed by atoms with E-state index >= 15 is 0 Å². The molecule has 0 aromatic carbocycles. The molecule has 0 unspecified atom stereocenters. The number of fused-ring (bicyclic) bond motifs is 1. The Balaban J connectivity index is 2.50. The molecule has 0 aliphatic heterocycles. The fourth-order valence-corrected chi connectivity index (χ4v) is 2.21. The maximum atomic E-state index is 11.6. The highest BCUT2D eigenvalue weighted by Gasteiger charge is 2.08. The van der Waals surface area contributed by atoms with E-state index in [1.165, 1.54) is 17.4 Å². The van der Waals surface area contributed by atoms with Gasteiger partial charge in [0, 0.05) is 18.2 Å². The number of hydrogen-bond donors (Lipinski definition) is 2. The Morgan fingerprint density at radius 3 is 3.13 bits per heavy atom. The van der Waals surface area contributed by atoms with Gasteiger partial charge in [-0.25, -0.2) is 0 Å². The van der Waals surface area contributed by atoms with E-state index in [0.29, 0.717) is 22.7 Å². The van der Waals surface area contributed by atoms with Crippen LogP contribution in [0.15, 0.2) is 20.7 Å². The van der Waals surface area contributed by atoms with Gasteiger partial charge in [0.25, 0.3) is 0 Å². The van der Waals surface area contributed by atoms with Crippen LogP contribution in [0.2, 0.25) is 0 Å². The molecular weight excluding hydrogens is 214 g/mol. The molecule has 5 heteroatoms. The standard InChI is InChI=1S/C10H11NO3S/c1-6-5-15-10-7(13)4-8(11-2-3-12)14-9(6)10/h4-5,11-12H,2-3H2,1H3. The van der Waals surface area contributed by atoms with Crippen molar-refractivity contribution in [2.24, 2.45) is 0 Å². The summed E-state index contributed by atoms with van der Waals surface area (Å²) in [6, 6.07) is 1.41. The highest BCUT2D eigenvalue weighted by atomic mass is 32.1. The van der Waals surface area contributed by atoms with Crippen molar-refractivity contribution in [2.45, 2.75) is 6.92 Å². The number of hydrogen-bond acceptors (Lipinski definition) is 5. The zero-order chi connectivity index (χ0) is 10.8. The van der Waals surface area contributed by atoms with Gasteiger partial charge < -0.3 is 14.8 Å². The van der Waals surface area contributed by atoms with E-state index in [9.17, 15) is 4.79 Å². The van der Waals surface area contributed by atoms with Gasteiger partial charge in [0.05, 0.1) is 6.61 Å². The lowest BCUT2D eigenvalue weighted by Crippen LogP contribution is -2.08. The molecule has 80 valence electrons. The highest BCUT2D eigenvalue weighted by molar-refractivity contribution is 7.17. The third kappa shape index (κ3) is 1.88. The van der Waals surface area contributed by atoms with E-state index in [1.807, 2.05) is 12.3 Å². The van der Waals surface area contributed by atoms with Gasteiger partial charge in [-0.05, 0) is 12.3 Å². The van der Waals surface area contributed by atoms with Crippen LogP contribution in [-0.2, 0) is 0 Å². The van der Waals surface area contributed by atoms with Crippen molar-refractivity contribution >= 4 is 27.5 Å². The first-order valence-electron chi connectivity index (χ1n) is 4.59. The molecule has 2 aromatic heterocycles. The normalized spacial score (nSPS) is 10.8. The summed E-state index contributed by atoms with van der Waals surface area (Å²) >= 11 is 1.39. The van der Waals surface area contributed by atoms with Gasteiger partial charge in [-0.3, -0.25) is 4.79 Å². The topological polar surface area (TPSA) is 62.5 Å². The van der Waals surface area contributed by atoms with Crippen LogP contribution in [0.5, 0.6) is 0 Å². The summed E-state index contributed by atoms with van der Waals surface area (Å²) in [6.45, 7) is 2.28. The summed E-state index contributed by atoms with van der Waals surface area (Å²) in [7, 11) is 0. The zero-order valence-electron chi connectivity index (χ0n) is 8.24. The van der Waals surface area contributed by atoms with Crippen LogP contribution >= 0.6 is 11.3 Å². The fourth-order valence-electron chi connectivity index (χ4n) is 1.32. The minimum absolute atomic E-state index is 0.00433. The number of aliphatic hydroxyl groups is 1. The van der Waals surface area contributed by atoms with Gasteiger partial charge in [-0.15, -0.1) is 11.3 Å². The average Bonchev–Trinajstić information content (AvgIpc) is 2.58. The molecule has 0 bridgehead atoms. The molecular formula is C10H11NO3S. The lowest BCUT2D eigenvalue weighted by atomic mass is 10.3. The first-order chi connectivity index (χ1) is 7.22. The Bertz CT molecular complexity index is 529. The Morgan fingerprint density at radius 2 is 2.40 bits per heavy atom. The van der Waals surface area contributed by atoms with Crippen molar-refractivity contribution in [3.8, 4) is 0 Å². The Kier molecular flexibility index (Phi) is 2.75. The van der Waals surface area contributed by atoms with E-state index in [-0.39, 0.29) is 12.0 Å². The highest BCUT2D eigenvalue weighted by Crippen LogP contribution is 2.24. The molecule has 0 amide bonds. The number of aliphatic hydroxyl groups excluding tert-OH is 1. The van der Waals surface area contributed by atoms with Crippen LogP contribution in [0.1, 0.15) is 5.56 Å². The van der Waals surface area contributed by atoms with Crippen molar-refractivity contribution in [3.05, 3.63) is 27.2 Å². The van der Waals surface area contributed by atoms with E-state index in [4.69, 9.17) is 9.52 Å². The summed E-state index contributed by atoms with van der Waals surface area (Å²) in [6.07, 6.45) is 0. The average molecular weight is 225 g/mol. The first kappa shape index (κ1) is 10.2. The van der Waals surface area contributed by atoms with Crippen LogP contribution in [0, 0.1) is 6.92 Å². The summed E-state index contributed by atoms with van der Waals surface area (Å²) in [5.74, 6) is 0.406. The molecule has 0 saturated heterocycles. The monoisotopic (exact) mass is 225 g/mol. The van der Waals surface area contributed by atoms with Crippen LogP contribution in [0.3, 0.4) is 0 Å². The van der Waals surface area contributed by atoms with Crippen molar-refractivity contribution in [2.75, 3.05) is 18.5 Å². The van der Waals surface area contributed by atoms with Gasteiger partial charge in [-0.2, -0.15) is 0 Å². The summed E-state index contributed by atoms with van der Waals surface area (Å²) in [5.41, 5.74) is 1.54. The third-order valence-corrected chi connectivity index (χ3v) is 3.12. The van der Waals surface area contributed by atoms with Crippen molar-refractivity contribution < 1.29 is 9.52 Å². The van der Waals surface area contributed by atoms with Crippen molar-refractivity contribution in [1.82, 2.24) is 0 Å². The van der Waals surface area contributed by atoms with E-state index < -0.39 is 0 Å². The second-order valence-corrected chi connectivity index (χ2v) is 4.08. The number of anilines is 1. The lowest BCUT2D eigenvalue weighted by molar-refractivity contribution is 0.310. The fraction of sp³-hybridized carbons (Fsp3) is 0.300. The van der Waals surface area contributed by atoms with E-state index in [2.05, 4.69) is 5.32 Å².